The SMILES string of the molecule is CS(=O)(=O)CCCCC(c1cccc2ccccc12)S(=O)(=O)c1ccc(Cl)cc1. The van der Waals surface area contributed by atoms with Gasteiger partial charge in [0.2, 0.25) is 0 Å². The predicted octanol–water partition coefficient (Wildman–Crippen LogP) is 5.22. The first-order chi connectivity index (χ1) is 13.7. The minimum atomic E-state index is -3.69. The minimum Gasteiger partial charge on any atom is -0.229 e. The van der Waals surface area contributed by atoms with Crippen LogP contribution in [0.4, 0.5) is 0 Å². The fourth-order valence-electron chi connectivity index (χ4n) is 3.49. The Morgan fingerprint density at radius 3 is 2.17 bits per heavy atom. The smallest absolute Gasteiger partial charge is 0.185 e. The van der Waals surface area contributed by atoms with E-state index in [4.69, 9.17) is 11.6 Å². The molecule has 0 aromatic heterocycles. The first-order valence-corrected chi connectivity index (χ1v) is 13.3. The molecule has 3 rings (SSSR count). The van der Waals surface area contributed by atoms with E-state index in [0.29, 0.717) is 24.3 Å². The molecule has 0 aliphatic rings. The lowest BCUT2D eigenvalue weighted by atomic mass is 9.99. The molecular weight excluding hydrogens is 428 g/mol. The number of rotatable bonds is 8. The van der Waals surface area contributed by atoms with E-state index in [9.17, 15) is 16.8 Å². The lowest BCUT2D eigenvalue weighted by Crippen LogP contribution is -2.15. The fourth-order valence-corrected chi connectivity index (χ4v) is 6.21. The zero-order valence-corrected chi connectivity index (χ0v) is 18.5. The molecule has 4 nitrogen and oxygen atoms in total. The Morgan fingerprint density at radius 1 is 0.828 bits per heavy atom. The Morgan fingerprint density at radius 2 is 1.48 bits per heavy atom. The summed E-state index contributed by atoms with van der Waals surface area (Å²) in [5.41, 5.74) is 0.734. The van der Waals surface area contributed by atoms with Crippen LogP contribution in [0, 0.1) is 0 Å². The van der Waals surface area contributed by atoms with Gasteiger partial charge in [0.05, 0.1) is 10.1 Å². The number of hydrogen-bond donors (Lipinski definition) is 0. The van der Waals surface area contributed by atoms with E-state index in [0.717, 1.165) is 16.3 Å². The number of unbranched alkanes of at least 4 members (excludes halogenated alkanes) is 1. The van der Waals surface area contributed by atoms with E-state index in [1.165, 1.54) is 18.4 Å². The minimum absolute atomic E-state index is 0.0518. The summed E-state index contributed by atoms with van der Waals surface area (Å²) < 4.78 is 49.9. The van der Waals surface area contributed by atoms with Crippen LogP contribution >= 0.6 is 11.6 Å². The molecule has 1 atom stereocenters. The predicted molar refractivity (Wildman–Crippen MR) is 119 cm³/mol. The molecular formula is C22H23ClO4S2. The van der Waals surface area contributed by atoms with Crippen LogP contribution in [0.25, 0.3) is 10.8 Å². The van der Waals surface area contributed by atoms with Crippen LogP contribution in [0.5, 0.6) is 0 Å². The average molecular weight is 451 g/mol. The summed E-state index contributed by atoms with van der Waals surface area (Å²) in [5.74, 6) is 0.0518. The molecule has 1 unspecified atom stereocenters. The van der Waals surface area contributed by atoms with E-state index in [1.807, 2.05) is 42.5 Å². The van der Waals surface area contributed by atoms with Crippen molar-refractivity contribution >= 4 is 42.0 Å². The Labute approximate surface area is 177 Å². The number of halogens is 1. The summed E-state index contributed by atoms with van der Waals surface area (Å²) in [5, 5.41) is 1.56. The molecule has 7 heteroatoms. The first kappa shape index (κ1) is 21.8. The molecule has 0 N–H and O–H groups in total. The van der Waals surface area contributed by atoms with Crippen molar-refractivity contribution in [3.8, 4) is 0 Å². The van der Waals surface area contributed by atoms with Gasteiger partial charge in [-0.15, -0.1) is 0 Å². The quantitative estimate of drug-likeness (QED) is 0.441. The zero-order chi connectivity index (χ0) is 21.1. The zero-order valence-electron chi connectivity index (χ0n) is 16.1. The van der Waals surface area contributed by atoms with Gasteiger partial charge in [0.1, 0.15) is 9.84 Å². The van der Waals surface area contributed by atoms with Crippen LogP contribution in [0.1, 0.15) is 30.1 Å². The van der Waals surface area contributed by atoms with Crippen LogP contribution in [0.15, 0.2) is 71.6 Å². The molecule has 0 aliphatic heterocycles. The highest BCUT2D eigenvalue weighted by molar-refractivity contribution is 7.91. The van der Waals surface area contributed by atoms with Crippen molar-refractivity contribution in [2.24, 2.45) is 0 Å². The third-order valence-electron chi connectivity index (χ3n) is 4.92. The molecule has 0 fully saturated rings. The third kappa shape index (κ3) is 5.38. The number of benzene rings is 3. The molecule has 29 heavy (non-hydrogen) atoms. The van der Waals surface area contributed by atoms with Crippen molar-refractivity contribution in [1.82, 2.24) is 0 Å². The van der Waals surface area contributed by atoms with Crippen molar-refractivity contribution in [2.75, 3.05) is 12.0 Å². The summed E-state index contributed by atoms with van der Waals surface area (Å²) in [7, 11) is -6.76. The van der Waals surface area contributed by atoms with Crippen molar-refractivity contribution in [2.45, 2.75) is 29.4 Å². The lowest BCUT2D eigenvalue weighted by Gasteiger charge is -2.20. The summed E-state index contributed by atoms with van der Waals surface area (Å²) >= 11 is 5.93. The number of hydrogen-bond acceptors (Lipinski definition) is 4. The van der Waals surface area contributed by atoms with Gasteiger partial charge in [-0.25, -0.2) is 16.8 Å². The average Bonchev–Trinajstić information content (AvgIpc) is 2.67. The molecule has 154 valence electrons. The molecule has 3 aromatic rings. The highest BCUT2D eigenvalue weighted by Gasteiger charge is 2.30. The van der Waals surface area contributed by atoms with E-state index in [2.05, 4.69) is 0 Å². The van der Waals surface area contributed by atoms with Gasteiger partial charge in [0.25, 0.3) is 0 Å². The fraction of sp³-hybridized carbons (Fsp3) is 0.273. The van der Waals surface area contributed by atoms with Gasteiger partial charge in [-0.3, -0.25) is 0 Å². The number of fused-ring (bicyclic) bond motifs is 1. The summed E-state index contributed by atoms with van der Waals surface area (Å²) in [6, 6.07) is 19.5. The van der Waals surface area contributed by atoms with Crippen molar-refractivity contribution in [1.29, 1.82) is 0 Å². The van der Waals surface area contributed by atoms with Crippen molar-refractivity contribution in [3.05, 3.63) is 77.3 Å². The molecule has 0 spiro atoms. The monoisotopic (exact) mass is 450 g/mol. The highest BCUT2D eigenvalue weighted by Crippen LogP contribution is 2.37. The molecule has 0 amide bonds. The topological polar surface area (TPSA) is 68.3 Å². The summed E-state index contributed by atoms with van der Waals surface area (Å²) in [4.78, 5) is 0.211. The second kappa shape index (κ2) is 8.86. The molecule has 0 aliphatic carbocycles. The normalized spacial score (nSPS) is 13.4. The second-order valence-electron chi connectivity index (χ2n) is 7.18. The molecule has 0 saturated carbocycles. The maximum absolute atomic E-state index is 13.5. The van der Waals surface area contributed by atoms with Gasteiger partial charge < -0.3 is 0 Å². The molecule has 0 bridgehead atoms. The maximum atomic E-state index is 13.5. The Kier molecular flexibility index (Phi) is 6.66. The molecule has 0 heterocycles. The highest BCUT2D eigenvalue weighted by atomic mass is 35.5. The van der Waals surface area contributed by atoms with Gasteiger partial charge in [-0.2, -0.15) is 0 Å². The lowest BCUT2D eigenvalue weighted by molar-refractivity contribution is 0.567. The summed E-state index contributed by atoms with van der Waals surface area (Å²) in [6.07, 6.45) is 2.46. The van der Waals surface area contributed by atoms with E-state index in [1.54, 1.807) is 12.1 Å². The Hall–Kier alpha value is -1.89. The van der Waals surface area contributed by atoms with Gasteiger partial charge in [-0.1, -0.05) is 60.5 Å². The standard InChI is InChI=1S/C22H23ClO4S2/c1-28(24,25)16-5-4-11-22(29(26,27)19-14-12-18(23)13-15-19)21-10-6-8-17-7-2-3-9-20(17)21/h2-3,6-10,12-15,22H,4-5,11,16H2,1H3. The first-order valence-electron chi connectivity index (χ1n) is 9.33. The van der Waals surface area contributed by atoms with E-state index in [-0.39, 0.29) is 10.6 Å². The van der Waals surface area contributed by atoms with Gasteiger partial charge in [-0.05, 0) is 53.4 Å². The van der Waals surface area contributed by atoms with Crippen LogP contribution < -0.4 is 0 Å². The van der Waals surface area contributed by atoms with Crippen LogP contribution in [0.2, 0.25) is 5.02 Å². The Balaban J connectivity index is 2.02. The van der Waals surface area contributed by atoms with Gasteiger partial charge in [0, 0.05) is 17.0 Å². The van der Waals surface area contributed by atoms with Crippen LogP contribution in [-0.2, 0) is 19.7 Å². The van der Waals surface area contributed by atoms with Crippen LogP contribution in [0.3, 0.4) is 0 Å². The van der Waals surface area contributed by atoms with Gasteiger partial charge in [0.15, 0.2) is 9.84 Å². The largest absolute Gasteiger partial charge is 0.229 e. The van der Waals surface area contributed by atoms with E-state index < -0.39 is 24.9 Å². The second-order valence-corrected chi connectivity index (χ2v) is 12.0. The molecule has 0 saturated heterocycles. The Bertz CT molecular complexity index is 1200. The maximum Gasteiger partial charge on any atom is 0.185 e. The van der Waals surface area contributed by atoms with Crippen molar-refractivity contribution in [3.63, 3.8) is 0 Å². The van der Waals surface area contributed by atoms with Crippen molar-refractivity contribution < 1.29 is 16.8 Å². The van der Waals surface area contributed by atoms with Gasteiger partial charge >= 0.3 is 0 Å². The molecule has 0 radical (unpaired) electrons. The number of sulfone groups is 2. The summed E-state index contributed by atoms with van der Waals surface area (Å²) in [6.45, 7) is 0. The molecule has 3 aromatic carbocycles. The third-order valence-corrected chi connectivity index (χ3v) is 8.37. The van der Waals surface area contributed by atoms with E-state index >= 15 is 0 Å². The van der Waals surface area contributed by atoms with Crippen LogP contribution in [-0.4, -0.2) is 28.8 Å².